The molecular formula is C12H26IN3O4S2. The molecule has 1 heterocycles. The summed E-state index contributed by atoms with van der Waals surface area (Å²) in [6.45, 7) is 5.99. The molecule has 0 spiro atoms. The summed E-state index contributed by atoms with van der Waals surface area (Å²) in [5.74, 6) is 0.776. The zero-order chi connectivity index (χ0) is 16.3. The van der Waals surface area contributed by atoms with Crippen LogP contribution in [0.2, 0.25) is 0 Å². The van der Waals surface area contributed by atoms with E-state index in [9.17, 15) is 16.8 Å². The predicted molar refractivity (Wildman–Crippen MR) is 101 cm³/mol. The fourth-order valence-corrected chi connectivity index (χ4v) is 4.19. The highest BCUT2D eigenvalue weighted by molar-refractivity contribution is 14.0. The molecule has 0 radical (unpaired) electrons. The molecule has 1 saturated heterocycles. The molecule has 0 bridgehead atoms. The van der Waals surface area contributed by atoms with Crippen molar-refractivity contribution < 1.29 is 16.8 Å². The Morgan fingerprint density at radius 1 is 1.36 bits per heavy atom. The van der Waals surface area contributed by atoms with E-state index < -0.39 is 24.4 Å². The van der Waals surface area contributed by atoms with Gasteiger partial charge in [0.2, 0.25) is 0 Å². The second-order valence-corrected chi connectivity index (χ2v) is 10.9. The quantitative estimate of drug-likeness (QED) is 0.359. The molecule has 132 valence electrons. The lowest BCUT2D eigenvalue weighted by atomic mass is 10.2. The van der Waals surface area contributed by atoms with E-state index in [0.717, 1.165) is 0 Å². The molecular weight excluding hydrogens is 441 g/mol. The number of hydrogen-bond donors (Lipinski definition) is 1. The summed E-state index contributed by atoms with van der Waals surface area (Å²) in [6, 6.07) is 0. The summed E-state index contributed by atoms with van der Waals surface area (Å²) in [7, 11) is -4.53. The molecule has 0 saturated carbocycles. The Balaban J connectivity index is 0.00000441. The van der Waals surface area contributed by atoms with Crippen LogP contribution in [-0.4, -0.2) is 76.4 Å². The van der Waals surface area contributed by atoms with Crippen LogP contribution in [0.1, 0.15) is 20.8 Å². The third-order valence-corrected chi connectivity index (χ3v) is 7.93. The Hall–Kier alpha value is -0.100. The number of sulfone groups is 2. The van der Waals surface area contributed by atoms with Crippen molar-refractivity contribution >= 4 is 49.6 Å². The molecule has 0 aliphatic carbocycles. The molecule has 0 aromatic rings. The van der Waals surface area contributed by atoms with Crippen LogP contribution in [0.25, 0.3) is 0 Å². The molecule has 10 heteroatoms. The van der Waals surface area contributed by atoms with Gasteiger partial charge < -0.3 is 10.2 Å². The van der Waals surface area contributed by atoms with Crippen LogP contribution in [-0.2, 0) is 19.7 Å². The summed E-state index contributed by atoms with van der Waals surface area (Å²) < 4.78 is 46.0. The maximum atomic E-state index is 12.0. The zero-order valence-corrected chi connectivity index (χ0v) is 17.5. The molecule has 0 atom stereocenters. The van der Waals surface area contributed by atoms with E-state index in [1.165, 1.54) is 0 Å². The molecule has 1 aliphatic heterocycles. The van der Waals surface area contributed by atoms with Gasteiger partial charge in [-0.1, -0.05) is 6.92 Å². The van der Waals surface area contributed by atoms with Gasteiger partial charge in [-0.2, -0.15) is 0 Å². The monoisotopic (exact) mass is 467 g/mol. The Morgan fingerprint density at radius 3 is 2.41 bits per heavy atom. The first-order valence-electron chi connectivity index (χ1n) is 6.93. The Labute approximate surface area is 150 Å². The van der Waals surface area contributed by atoms with Crippen molar-refractivity contribution in [2.24, 2.45) is 4.99 Å². The normalized spacial score (nSPS) is 21.1. The topological polar surface area (TPSA) is 95.9 Å². The van der Waals surface area contributed by atoms with Crippen molar-refractivity contribution in [1.29, 1.82) is 0 Å². The fourth-order valence-electron chi connectivity index (χ4n) is 2.12. The number of nitrogens with zero attached hydrogens (tertiary/aromatic N) is 2. The smallest absolute Gasteiger partial charge is 0.193 e. The Kier molecular flexibility index (Phi) is 8.10. The fraction of sp³-hybridized carbons (Fsp3) is 0.917. The van der Waals surface area contributed by atoms with Gasteiger partial charge in [-0.05, 0) is 13.8 Å². The molecule has 1 N–H and O–H groups in total. The second kappa shape index (κ2) is 8.13. The van der Waals surface area contributed by atoms with E-state index in [-0.39, 0.29) is 47.8 Å². The molecule has 1 aliphatic rings. The molecule has 1 fully saturated rings. The third kappa shape index (κ3) is 5.52. The molecule has 0 amide bonds. The van der Waals surface area contributed by atoms with E-state index >= 15 is 0 Å². The first-order valence-corrected chi connectivity index (χ1v) is 10.4. The Morgan fingerprint density at radius 2 is 1.95 bits per heavy atom. The SMILES string of the molecule is CCS(=O)(=O)CCNC(=NC)N1CCS(=O)(=O)C(C)(C)C1.I. The number of halogens is 1. The van der Waals surface area contributed by atoms with Crippen LogP contribution in [0.4, 0.5) is 0 Å². The van der Waals surface area contributed by atoms with Gasteiger partial charge in [0.05, 0.1) is 16.3 Å². The van der Waals surface area contributed by atoms with Crippen LogP contribution in [0.3, 0.4) is 0 Å². The van der Waals surface area contributed by atoms with Crippen molar-refractivity contribution in [3.05, 3.63) is 0 Å². The number of aliphatic imine (C=N–C) groups is 1. The maximum Gasteiger partial charge on any atom is 0.193 e. The zero-order valence-electron chi connectivity index (χ0n) is 13.5. The second-order valence-electron chi connectivity index (χ2n) is 5.71. The summed E-state index contributed by atoms with van der Waals surface area (Å²) in [5.41, 5.74) is 0. The minimum Gasteiger partial charge on any atom is -0.355 e. The summed E-state index contributed by atoms with van der Waals surface area (Å²) >= 11 is 0. The summed E-state index contributed by atoms with van der Waals surface area (Å²) in [4.78, 5) is 5.97. The Bertz CT molecular complexity index is 600. The van der Waals surface area contributed by atoms with Crippen molar-refractivity contribution in [2.45, 2.75) is 25.5 Å². The molecule has 7 nitrogen and oxygen atoms in total. The molecule has 22 heavy (non-hydrogen) atoms. The average molecular weight is 467 g/mol. The van der Waals surface area contributed by atoms with E-state index in [2.05, 4.69) is 10.3 Å². The van der Waals surface area contributed by atoms with E-state index in [1.54, 1.807) is 27.8 Å². The van der Waals surface area contributed by atoms with Gasteiger partial charge in [0, 0.05) is 32.4 Å². The first-order chi connectivity index (χ1) is 9.54. The van der Waals surface area contributed by atoms with Crippen molar-refractivity contribution in [1.82, 2.24) is 10.2 Å². The van der Waals surface area contributed by atoms with Gasteiger partial charge in [0.25, 0.3) is 0 Å². The van der Waals surface area contributed by atoms with Crippen LogP contribution in [0.15, 0.2) is 4.99 Å². The summed E-state index contributed by atoms with van der Waals surface area (Å²) in [6.07, 6.45) is 0. The van der Waals surface area contributed by atoms with Gasteiger partial charge in [0.1, 0.15) is 0 Å². The van der Waals surface area contributed by atoms with Crippen LogP contribution >= 0.6 is 24.0 Å². The van der Waals surface area contributed by atoms with Crippen LogP contribution < -0.4 is 5.32 Å². The lowest BCUT2D eigenvalue weighted by molar-refractivity contribution is 0.354. The molecule has 0 unspecified atom stereocenters. The lowest BCUT2D eigenvalue weighted by Crippen LogP contribution is -2.57. The average Bonchev–Trinajstić information content (AvgIpc) is 2.38. The van der Waals surface area contributed by atoms with Crippen molar-refractivity contribution in [2.75, 3.05) is 43.9 Å². The van der Waals surface area contributed by atoms with E-state index in [1.807, 2.05) is 4.90 Å². The number of hydrogen-bond acceptors (Lipinski definition) is 5. The van der Waals surface area contributed by atoms with Gasteiger partial charge in [0.15, 0.2) is 25.6 Å². The largest absolute Gasteiger partial charge is 0.355 e. The standard InChI is InChI=1S/C12H25N3O4S2.HI/c1-5-20(16,17)8-6-14-11(13-4)15-7-9-21(18,19)12(2,3)10-15;/h5-10H2,1-4H3,(H,13,14);1H. The molecule has 0 aromatic heterocycles. The minimum absolute atomic E-state index is 0. The molecule has 0 aromatic carbocycles. The maximum absolute atomic E-state index is 12.0. The highest BCUT2D eigenvalue weighted by Crippen LogP contribution is 2.23. The van der Waals surface area contributed by atoms with Gasteiger partial charge in [-0.25, -0.2) is 16.8 Å². The van der Waals surface area contributed by atoms with Gasteiger partial charge in [-0.15, -0.1) is 24.0 Å². The third-order valence-electron chi connectivity index (χ3n) is 3.69. The highest BCUT2D eigenvalue weighted by Gasteiger charge is 2.40. The first kappa shape index (κ1) is 21.9. The van der Waals surface area contributed by atoms with E-state index in [0.29, 0.717) is 19.0 Å². The molecule has 1 rings (SSSR count). The highest BCUT2D eigenvalue weighted by atomic mass is 127. The number of guanidine groups is 1. The van der Waals surface area contributed by atoms with Crippen LogP contribution in [0.5, 0.6) is 0 Å². The van der Waals surface area contributed by atoms with E-state index in [4.69, 9.17) is 0 Å². The van der Waals surface area contributed by atoms with Crippen molar-refractivity contribution in [3.63, 3.8) is 0 Å². The predicted octanol–water partition coefficient (Wildman–Crippen LogP) is 0.124. The summed E-state index contributed by atoms with van der Waals surface area (Å²) in [5, 5.41) is 3.00. The van der Waals surface area contributed by atoms with Gasteiger partial charge >= 0.3 is 0 Å². The van der Waals surface area contributed by atoms with Crippen molar-refractivity contribution in [3.8, 4) is 0 Å². The van der Waals surface area contributed by atoms with Gasteiger partial charge in [-0.3, -0.25) is 4.99 Å². The number of nitrogens with one attached hydrogen (secondary N) is 1. The van der Waals surface area contributed by atoms with Crippen LogP contribution in [0, 0.1) is 0 Å². The number of rotatable bonds is 4. The minimum atomic E-state index is -3.10. The lowest BCUT2D eigenvalue weighted by Gasteiger charge is -2.39.